The van der Waals surface area contributed by atoms with E-state index in [-0.39, 0.29) is 0 Å². The predicted octanol–water partition coefficient (Wildman–Crippen LogP) is 1.76. The van der Waals surface area contributed by atoms with E-state index < -0.39 is 25.4 Å². The van der Waals surface area contributed by atoms with Gasteiger partial charge in [0, 0.05) is 0 Å². The standard InChI is InChI=1S/C11H16O4Se2/c1-8(2)10(12)14-17(6-5-16-7-17)15-11(13)9(3)4/h1,3,5-7H2,2,4H3. The fraction of sp³-hybridized carbons (Fsp3) is 0.455. The molecule has 17 heavy (non-hydrogen) atoms. The second-order valence-corrected chi connectivity index (χ2v) is 13.2. The predicted molar refractivity (Wildman–Crippen MR) is 67.7 cm³/mol. The van der Waals surface area contributed by atoms with Gasteiger partial charge in [-0.25, -0.2) is 0 Å². The van der Waals surface area contributed by atoms with Gasteiger partial charge in [0.2, 0.25) is 0 Å². The van der Waals surface area contributed by atoms with Gasteiger partial charge in [-0.15, -0.1) is 0 Å². The molecule has 96 valence electrons. The van der Waals surface area contributed by atoms with E-state index in [1.54, 1.807) is 13.8 Å². The topological polar surface area (TPSA) is 52.6 Å². The van der Waals surface area contributed by atoms with Gasteiger partial charge in [0.1, 0.15) is 0 Å². The van der Waals surface area contributed by atoms with Crippen LogP contribution in [-0.4, -0.2) is 40.4 Å². The average Bonchev–Trinajstić information content (AvgIpc) is 2.66. The quantitative estimate of drug-likeness (QED) is 0.559. The Kier molecular flexibility index (Phi) is 5.02. The maximum absolute atomic E-state index is 11.6. The molecule has 0 amide bonds. The number of carbonyl (C=O) groups excluding carboxylic acids is 2. The van der Waals surface area contributed by atoms with Crippen molar-refractivity contribution < 1.29 is 17.2 Å². The van der Waals surface area contributed by atoms with E-state index in [0.29, 0.717) is 31.4 Å². The van der Waals surface area contributed by atoms with Crippen LogP contribution < -0.4 is 0 Å². The molecule has 1 aliphatic rings. The zero-order chi connectivity index (χ0) is 13.1. The van der Waals surface area contributed by atoms with Crippen molar-refractivity contribution in [2.24, 2.45) is 0 Å². The number of rotatable bonds is 4. The first-order valence-electron chi connectivity index (χ1n) is 5.01. The van der Waals surface area contributed by atoms with Crippen molar-refractivity contribution in [3.63, 3.8) is 0 Å². The monoisotopic (exact) mass is 372 g/mol. The van der Waals surface area contributed by atoms with Gasteiger partial charge in [0.15, 0.2) is 0 Å². The second-order valence-electron chi connectivity index (χ2n) is 3.78. The summed E-state index contributed by atoms with van der Waals surface area (Å²) in [6.07, 6.45) is 0. The summed E-state index contributed by atoms with van der Waals surface area (Å²) in [4.78, 5) is 23.1. The first-order valence-corrected chi connectivity index (χ1v) is 11.3. The third-order valence-corrected chi connectivity index (χ3v) is 14.8. The SMILES string of the molecule is C=C(C)C(=O)O[Se]1(OC(=O)C(=C)C)CC[Se]C1. The van der Waals surface area contributed by atoms with Gasteiger partial charge in [0.25, 0.3) is 0 Å². The summed E-state index contributed by atoms with van der Waals surface area (Å²) in [6, 6.07) is 0. The summed E-state index contributed by atoms with van der Waals surface area (Å²) < 4.78 is 11.6. The molecular weight excluding hydrogens is 354 g/mol. The molecule has 0 aromatic carbocycles. The van der Waals surface area contributed by atoms with Crippen LogP contribution in [0.4, 0.5) is 0 Å². The van der Waals surface area contributed by atoms with Gasteiger partial charge >= 0.3 is 111 Å². The van der Waals surface area contributed by atoms with Crippen molar-refractivity contribution in [2.45, 2.75) is 28.7 Å². The van der Waals surface area contributed by atoms with Crippen LogP contribution in [0.1, 0.15) is 13.8 Å². The third kappa shape index (κ3) is 4.00. The van der Waals surface area contributed by atoms with Gasteiger partial charge in [-0.2, -0.15) is 0 Å². The summed E-state index contributed by atoms with van der Waals surface area (Å²) in [5, 5.41) is 1.72. The Morgan fingerprint density at radius 3 is 1.88 bits per heavy atom. The van der Waals surface area contributed by atoms with Crippen molar-refractivity contribution in [1.29, 1.82) is 0 Å². The van der Waals surface area contributed by atoms with Crippen LogP contribution in [0.15, 0.2) is 24.3 Å². The third-order valence-electron chi connectivity index (χ3n) is 1.95. The van der Waals surface area contributed by atoms with Crippen molar-refractivity contribution in [1.82, 2.24) is 0 Å². The molecule has 0 aliphatic carbocycles. The van der Waals surface area contributed by atoms with Gasteiger partial charge in [0.05, 0.1) is 0 Å². The molecule has 0 N–H and O–H groups in total. The molecule has 0 atom stereocenters. The molecule has 0 spiro atoms. The molecule has 1 saturated heterocycles. The van der Waals surface area contributed by atoms with E-state index in [1.165, 1.54) is 0 Å². The average molecular weight is 370 g/mol. The van der Waals surface area contributed by atoms with E-state index in [1.807, 2.05) is 0 Å². The van der Waals surface area contributed by atoms with Crippen molar-refractivity contribution >= 4 is 40.4 Å². The summed E-state index contributed by atoms with van der Waals surface area (Å²) in [5.41, 5.74) is 0.680. The normalized spacial score (nSPS) is 19.2. The first-order chi connectivity index (χ1) is 7.86. The molecule has 0 saturated carbocycles. The van der Waals surface area contributed by atoms with Crippen LogP contribution in [0, 0.1) is 0 Å². The zero-order valence-electron chi connectivity index (χ0n) is 9.99. The van der Waals surface area contributed by atoms with Crippen molar-refractivity contribution in [2.75, 3.05) is 0 Å². The van der Waals surface area contributed by atoms with Crippen LogP contribution in [0.2, 0.25) is 14.9 Å². The molecular formula is C11H16O4Se2. The Balaban J connectivity index is 2.76. The molecule has 1 rings (SSSR count). The summed E-state index contributed by atoms with van der Waals surface area (Å²) in [6.45, 7) is 10.3. The summed E-state index contributed by atoms with van der Waals surface area (Å²) in [7, 11) is 0. The number of carbonyl (C=O) groups is 2. The molecule has 0 aromatic rings. The Bertz CT molecular complexity index is 340. The molecule has 0 radical (unpaired) electrons. The molecule has 1 heterocycles. The second kappa shape index (κ2) is 5.87. The van der Waals surface area contributed by atoms with Crippen LogP contribution in [-0.2, 0) is 17.2 Å². The van der Waals surface area contributed by atoms with Gasteiger partial charge < -0.3 is 0 Å². The molecule has 6 heteroatoms. The molecule has 0 aromatic heterocycles. The number of hydrogen-bond donors (Lipinski definition) is 0. The van der Waals surface area contributed by atoms with Crippen molar-refractivity contribution in [3.8, 4) is 0 Å². The molecule has 1 fully saturated rings. The van der Waals surface area contributed by atoms with E-state index in [0.717, 1.165) is 9.54 Å². The maximum atomic E-state index is 11.6. The van der Waals surface area contributed by atoms with Gasteiger partial charge in [-0.05, 0) is 0 Å². The fourth-order valence-electron chi connectivity index (χ4n) is 0.997. The van der Waals surface area contributed by atoms with E-state index in [9.17, 15) is 9.59 Å². The minimum absolute atomic E-state index is 0.340. The summed E-state index contributed by atoms with van der Waals surface area (Å²) in [5.74, 6) is -0.894. The minimum atomic E-state index is -2.88. The van der Waals surface area contributed by atoms with E-state index in [2.05, 4.69) is 13.2 Å². The summed E-state index contributed by atoms with van der Waals surface area (Å²) >= 11 is -2.47. The van der Waals surface area contributed by atoms with E-state index >= 15 is 0 Å². The Hall–Kier alpha value is -0.541. The first kappa shape index (κ1) is 14.5. The Labute approximate surface area is 110 Å². The van der Waals surface area contributed by atoms with Crippen LogP contribution >= 0.6 is 0 Å². The molecule has 0 bridgehead atoms. The van der Waals surface area contributed by atoms with E-state index in [4.69, 9.17) is 7.64 Å². The van der Waals surface area contributed by atoms with Gasteiger partial charge in [-0.1, -0.05) is 0 Å². The van der Waals surface area contributed by atoms with Gasteiger partial charge in [-0.3, -0.25) is 0 Å². The van der Waals surface area contributed by atoms with Crippen molar-refractivity contribution in [3.05, 3.63) is 24.3 Å². The molecule has 4 nitrogen and oxygen atoms in total. The molecule has 1 aliphatic heterocycles. The van der Waals surface area contributed by atoms with Crippen LogP contribution in [0.5, 0.6) is 0 Å². The van der Waals surface area contributed by atoms with Crippen LogP contribution in [0.3, 0.4) is 0 Å². The molecule has 0 unspecified atom stereocenters. The number of hydrogen-bond acceptors (Lipinski definition) is 4. The Morgan fingerprint density at radius 2 is 1.59 bits per heavy atom. The van der Waals surface area contributed by atoms with Crippen LogP contribution in [0.25, 0.3) is 0 Å². The zero-order valence-corrected chi connectivity index (χ0v) is 13.4. The Morgan fingerprint density at radius 1 is 1.12 bits per heavy atom. The fourth-order valence-corrected chi connectivity index (χ4v) is 15.6.